The first kappa shape index (κ1) is 21.8. The van der Waals surface area contributed by atoms with Crippen molar-refractivity contribution in [1.29, 1.82) is 0 Å². The van der Waals surface area contributed by atoms with Crippen LogP contribution in [0.2, 0.25) is 0 Å². The smallest absolute Gasteiger partial charge is 0.422 e. The zero-order valence-electron chi connectivity index (χ0n) is 17.1. The summed E-state index contributed by atoms with van der Waals surface area (Å²) in [6.07, 6.45) is 3.54. The molecule has 0 saturated carbocycles. The summed E-state index contributed by atoms with van der Waals surface area (Å²) in [5, 5.41) is 2.80. The Bertz CT molecular complexity index is 1110. The number of likely N-dealkylation sites (tertiary alicyclic amines) is 1. The predicted octanol–water partition coefficient (Wildman–Crippen LogP) is 2.74. The molecule has 3 N–H and O–H groups in total. The molecule has 0 aromatic carbocycles. The number of ether oxygens (including phenoxy) is 1. The Morgan fingerprint density at radius 3 is 2.69 bits per heavy atom. The Morgan fingerprint density at radius 1 is 1.16 bits per heavy atom. The number of alkyl halides is 3. The largest absolute Gasteiger partial charge is 0.465 e. The number of rotatable bonds is 6. The molecular formula is C20H22F3N7O2. The maximum atomic E-state index is 12.4. The van der Waals surface area contributed by atoms with Crippen molar-refractivity contribution in [2.45, 2.75) is 25.4 Å². The van der Waals surface area contributed by atoms with E-state index in [1.54, 1.807) is 28.9 Å². The molecule has 1 aliphatic heterocycles. The lowest BCUT2D eigenvalue weighted by molar-refractivity contribution is -0.154. The van der Waals surface area contributed by atoms with Gasteiger partial charge in [0.05, 0.1) is 24.6 Å². The van der Waals surface area contributed by atoms with Crippen LogP contribution >= 0.6 is 0 Å². The van der Waals surface area contributed by atoms with E-state index < -0.39 is 18.7 Å². The third-order valence-corrected chi connectivity index (χ3v) is 4.97. The van der Waals surface area contributed by atoms with Gasteiger partial charge in [-0.25, -0.2) is 15.0 Å². The van der Waals surface area contributed by atoms with E-state index in [1.165, 1.54) is 12.6 Å². The Hall–Kier alpha value is -3.41. The SMILES string of the molecule is Nc1ncc(-c2ccc3nc(NC(=O)CN4CCCCC4)cn3c2)nc1OCC(F)(F)F. The normalized spacial score (nSPS) is 15.1. The first-order chi connectivity index (χ1) is 15.3. The molecule has 4 rings (SSSR count). The Balaban J connectivity index is 1.48. The van der Waals surface area contributed by atoms with E-state index in [-0.39, 0.29) is 17.4 Å². The average molecular weight is 449 g/mol. The number of hydrogen-bond donors (Lipinski definition) is 2. The molecule has 32 heavy (non-hydrogen) atoms. The minimum atomic E-state index is -4.52. The van der Waals surface area contributed by atoms with Crippen LogP contribution in [-0.4, -0.2) is 62.6 Å². The molecule has 9 nitrogen and oxygen atoms in total. The van der Waals surface area contributed by atoms with Crippen LogP contribution in [0.3, 0.4) is 0 Å². The van der Waals surface area contributed by atoms with Crippen molar-refractivity contribution in [3.8, 4) is 17.1 Å². The maximum Gasteiger partial charge on any atom is 0.422 e. The number of anilines is 2. The number of nitrogens with one attached hydrogen (secondary N) is 1. The number of hydrogen-bond acceptors (Lipinski definition) is 7. The van der Waals surface area contributed by atoms with Gasteiger partial charge in [0.2, 0.25) is 5.91 Å². The summed E-state index contributed by atoms with van der Waals surface area (Å²) in [7, 11) is 0. The minimum Gasteiger partial charge on any atom is -0.465 e. The van der Waals surface area contributed by atoms with Crippen LogP contribution in [0.15, 0.2) is 30.7 Å². The highest BCUT2D eigenvalue weighted by Gasteiger charge is 2.29. The molecule has 3 aromatic heterocycles. The van der Waals surface area contributed by atoms with E-state index in [4.69, 9.17) is 5.73 Å². The van der Waals surface area contributed by atoms with Gasteiger partial charge in [-0.1, -0.05) is 6.42 Å². The zero-order chi connectivity index (χ0) is 22.7. The number of nitrogens with two attached hydrogens (primary N) is 1. The molecule has 0 bridgehead atoms. The number of amides is 1. The second kappa shape index (κ2) is 8.99. The number of nitrogen functional groups attached to an aromatic ring is 1. The summed E-state index contributed by atoms with van der Waals surface area (Å²) in [5.41, 5.74) is 7.00. The van der Waals surface area contributed by atoms with E-state index in [0.717, 1.165) is 25.9 Å². The van der Waals surface area contributed by atoms with Gasteiger partial charge in [-0.05, 0) is 38.1 Å². The highest BCUT2D eigenvalue weighted by molar-refractivity contribution is 5.91. The molecule has 0 unspecified atom stereocenters. The van der Waals surface area contributed by atoms with Crippen molar-refractivity contribution in [1.82, 2.24) is 24.3 Å². The summed E-state index contributed by atoms with van der Waals surface area (Å²) in [5.74, 6) is -0.357. The molecule has 1 saturated heterocycles. The molecule has 12 heteroatoms. The van der Waals surface area contributed by atoms with Gasteiger partial charge in [-0.3, -0.25) is 9.69 Å². The number of fused-ring (bicyclic) bond motifs is 1. The third-order valence-electron chi connectivity index (χ3n) is 4.97. The molecule has 0 aliphatic carbocycles. The number of imidazole rings is 1. The molecule has 0 atom stereocenters. The van der Waals surface area contributed by atoms with E-state index >= 15 is 0 Å². The second-order valence-electron chi connectivity index (χ2n) is 7.54. The Morgan fingerprint density at radius 2 is 1.94 bits per heavy atom. The fourth-order valence-electron chi connectivity index (χ4n) is 3.48. The highest BCUT2D eigenvalue weighted by atomic mass is 19.4. The monoisotopic (exact) mass is 449 g/mol. The van der Waals surface area contributed by atoms with E-state index in [2.05, 4.69) is 29.9 Å². The van der Waals surface area contributed by atoms with Crippen LogP contribution in [0.25, 0.3) is 16.9 Å². The minimum absolute atomic E-state index is 0.133. The van der Waals surface area contributed by atoms with Crippen LogP contribution in [0.4, 0.5) is 24.8 Å². The lowest BCUT2D eigenvalue weighted by Gasteiger charge is -2.25. The van der Waals surface area contributed by atoms with Crippen molar-refractivity contribution in [3.05, 3.63) is 30.7 Å². The van der Waals surface area contributed by atoms with Crippen molar-refractivity contribution < 1.29 is 22.7 Å². The standard InChI is InChI=1S/C20H22F3N7O2/c21-20(22,23)12-32-19-18(24)25-8-14(26-19)13-4-5-16-27-15(10-30(16)9-13)28-17(31)11-29-6-2-1-3-7-29/h4-5,8-10H,1-3,6-7,11-12H2,(H2,24,25)(H,28,31). The number of aromatic nitrogens is 4. The summed E-state index contributed by atoms with van der Waals surface area (Å²) in [6, 6.07) is 3.39. The number of halogens is 3. The van der Waals surface area contributed by atoms with Crippen LogP contribution in [0, 0.1) is 0 Å². The fraction of sp³-hybridized carbons (Fsp3) is 0.400. The van der Waals surface area contributed by atoms with Crippen molar-refractivity contribution in [2.24, 2.45) is 0 Å². The van der Waals surface area contributed by atoms with Crippen molar-refractivity contribution in [3.63, 3.8) is 0 Å². The Labute approximate surface area is 181 Å². The van der Waals surface area contributed by atoms with Crippen LogP contribution in [-0.2, 0) is 4.79 Å². The van der Waals surface area contributed by atoms with Gasteiger partial charge >= 0.3 is 6.18 Å². The predicted molar refractivity (Wildman–Crippen MR) is 111 cm³/mol. The van der Waals surface area contributed by atoms with Crippen LogP contribution < -0.4 is 15.8 Å². The zero-order valence-corrected chi connectivity index (χ0v) is 17.1. The van der Waals surface area contributed by atoms with Crippen molar-refractivity contribution >= 4 is 23.2 Å². The summed E-state index contributed by atoms with van der Waals surface area (Å²) in [4.78, 5) is 26.7. The maximum absolute atomic E-state index is 12.4. The van der Waals surface area contributed by atoms with Gasteiger partial charge < -0.3 is 20.2 Å². The van der Waals surface area contributed by atoms with E-state index in [9.17, 15) is 18.0 Å². The third kappa shape index (κ3) is 5.44. The molecule has 1 aliphatic rings. The van der Waals surface area contributed by atoms with E-state index in [1.807, 2.05) is 0 Å². The van der Waals surface area contributed by atoms with Crippen LogP contribution in [0.1, 0.15) is 19.3 Å². The summed E-state index contributed by atoms with van der Waals surface area (Å²) < 4.78 is 43.7. The fourth-order valence-corrected chi connectivity index (χ4v) is 3.48. The highest BCUT2D eigenvalue weighted by Crippen LogP contribution is 2.25. The van der Waals surface area contributed by atoms with Gasteiger partial charge in [-0.15, -0.1) is 0 Å². The average Bonchev–Trinajstić information content (AvgIpc) is 3.14. The molecule has 0 spiro atoms. The second-order valence-corrected chi connectivity index (χ2v) is 7.54. The number of carbonyl (C=O) groups is 1. The molecule has 1 fully saturated rings. The van der Waals surface area contributed by atoms with Gasteiger partial charge in [0.15, 0.2) is 18.2 Å². The first-order valence-electron chi connectivity index (χ1n) is 10.1. The molecular weight excluding hydrogens is 427 g/mol. The van der Waals surface area contributed by atoms with E-state index in [0.29, 0.717) is 23.6 Å². The summed E-state index contributed by atoms with van der Waals surface area (Å²) in [6.45, 7) is 0.635. The number of pyridine rings is 1. The number of piperidine rings is 1. The van der Waals surface area contributed by atoms with Crippen LogP contribution in [0.5, 0.6) is 5.88 Å². The number of carbonyl (C=O) groups excluding carboxylic acids is 1. The topological polar surface area (TPSA) is 111 Å². The van der Waals surface area contributed by atoms with Gasteiger partial charge in [0, 0.05) is 11.8 Å². The molecule has 1 amide bonds. The molecule has 3 aromatic rings. The van der Waals surface area contributed by atoms with Crippen molar-refractivity contribution in [2.75, 3.05) is 37.3 Å². The first-order valence-corrected chi connectivity index (χ1v) is 10.1. The quantitative estimate of drug-likeness (QED) is 0.595. The molecule has 170 valence electrons. The van der Waals surface area contributed by atoms with Gasteiger partial charge in [0.1, 0.15) is 5.65 Å². The van der Waals surface area contributed by atoms with Gasteiger partial charge in [0.25, 0.3) is 5.88 Å². The van der Waals surface area contributed by atoms with Gasteiger partial charge in [-0.2, -0.15) is 13.2 Å². The lowest BCUT2D eigenvalue weighted by atomic mass is 10.1. The molecule has 4 heterocycles. The number of nitrogens with zero attached hydrogens (tertiary/aromatic N) is 5. The lowest BCUT2D eigenvalue weighted by Crippen LogP contribution is -2.36. The molecule has 0 radical (unpaired) electrons. The summed E-state index contributed by atoms with van der Waals surface area (Å²) >= 11 is 0. The Kier molecular flexibility index (Phi) is 6.12.